The Morgan fingerprint density at radius 1 is 0.560 bits per heavy atom. The van der Waals surface area contributed by atoms with E-state index in [0.29, 0.717) is 0 Å². The van der Waals surface area contributed by atoms with E-state index in [2.05, 4.69) is 84.9 Å². The predicted molar refractivity (Wildman–Crippen MR) is 110 cm³/mol. The first-order chi connectivity index (χ1) is 12.3. The van der Waals surface area contributed by atoms with Gasteiger partial charge in [-0.15, -0.1) is 0 Å². The summed E-state index contributed by atoms with van der Waals surface area (Å²) in [5.74, 6) is 0. The van der Waals surface area contributed by atoms with Crippen molar-refractivity contribution in [2.24, 2.45) is 0 Å². The summed E-state index contributed by atoms with van der Waals surface area (Å²) in [6, 6.07) is 31.6. The fourth-order valence-corrected chi connectivity index (χ4v) is 4.23. The van der Waals surface area contributed by atoms with Crippen LogP contribution in [0.2, 0.25) is 0 Å². The zero-order chi connectivity index (χ0) is 17.1. The topological polar surface area (TPSA) is 12.9 Å². The number of rotatable bonds is 3. The molecule has 4 aromatic rings. The first-order valence-corrected chi connectivity index (χ1v) is 9.50. The maximum absolute atomic E-state index is 4.88. The van der Waals surface area contributed by atoms with E-state index < -0.39 is 0 Å². The SMILES string of the molecule is [SiH3]c1c(-c2ccccc2)cnc(-c2ccccc2)c1-c1ccccc1. The molecule has 0 spiro atoms. The van der Waals surface area contributed by atoms with Gasteiger partial charge in [0.15, 0.2) is 0 Å². The molecule has 25 heavy (non-hydrogen) atoms. The molecular weight excluding hydrogens is 318 g/mol. The van der Waals surface area contributed by atoms with E-state index in [9.17, 15) is 0 Å². The number of pyridine rings is 1. The molecule has 120 valence electrons. The highest BCUT2D eigenvalue weighted by Gasteiger charge is 2.15. The maximum Gasteiger partial charge on any atom is 0.0779 e. The van der Waals surface area contributed by atoms with Crippen molar-refractivity contribution in [2.75, 3.05) is 0 Å². The Labute approximate surface area is 151 Å². The molecule has 0 N–H and O–H groups in total. The lowest BCUT2D eigenvalue weighted by molar-refractivity contribution is 1.33. The molecule has 0 unspecified atom stereocenters. The summed E-state index contributed by atoms with van der Waals surface area (Å²) in [4.78, 5) is 4.88. The summed E-state index contributed by atoms with van der Waals surface area (Å²) >= 11 is 0. The van der Waals surface area contributed by atoms with E-state index in [1.54, 1.807) is 0 Å². The largest absolute Gasteiger partial charge is 0.255 e. The Balaban J connectivity index is 2.00. The minimum Gasteiger partial charge on any atom is -0.255 e. The molecule has 4 rings (SSSR count). The van der Waals surface area contributed by atoms with Gasteiger partial charge in [-0.25, -0.2) is 0 Å². The van der Waals surface area contributed by atoms with Crippen LogP contribution in [0.4, 0.5) is 0 Å². The Bertz CT molecular complexity index is 980. The van der Waals surface area contributed by atoms with Crippen molar-refractivity contribution in [1.29, 1.82) is 0 Å². The van der Waals surface area contributed by atoms with Crippen LogP contribution in [-0.4, -0.2) is 15.2 Å². The van der Waals surface area contributed by atoms with Gasteiger partial charge < -0.3 is 0 Å². The van der Waals surface area contributed by atoms with E-state index in [0.717, 1.165) is 21.5 Å². The summed E-state index contributed by atoms with van der Waals surface area (Å²) < 4.78 is 0. The van der Waals surface area contributed by atoms with Gasteiger partial charge in [0.1, 0.15) is 0 Å². The molecule has 1 aromatic heterocycles. The minimum absolute atomic E-state index is 0.956. The average Bonchev–Trinajstić information content (AvgIpc) is 2.70. The lowest BCUT2D eigenvalue weighted by atomic mass is 9.95. The summed E-state index contributed by atoms with van der Waals surface area (Å²) in [6.07, 6.45) is 2.03. The van der Waals surface area contributed by atoms with Gasteiger partial charge in [-0.05, 0) is 16.7 Å². The van der Waals surface area contributed by atoms with Crippen LogP contribution in [0.25, 0.3) is 33.5 Å². The third-order valence-electron chi connectivity index (χ3n) is 4.53. The van der Waals surface area contributed by atoms with Crippen LogP contribution in [-0.2, 0) is 0 Å². The molecule has 0 aliphatic rings. The van der Waals surface area contributed by atoms with Crippen molar-refractivity contribution < 1.29 is 0 Å². The van der Waals surface area contributed by atoms with Crippen molar-refractivity contribution in [3.63, 3.8) is 0 Å². The molecule has 0 aliphatic carbocycles. The minimum atomic E-state index is 0.956. The van der Waals surface area contributed by atoms with Gasteiger partial charge in [0.2, 0.25) is 0 Å². The number of hydrogen-bond donors (Lipinski definition) is 0. The molecule has 0 bridgehead atoms. The lowest BCUT2D eigenvalue weighted by Crippen LogP contribution is -2.13. The van der Waals surface area contributed by atoms with E-state index in [1.807, 2.05) is 12.3 Å². The molecule has 3 aromatic carbocycles. The summed E-state index contributed by atoms with van der Waals surface area (Å²) in [6.45, 7) is 0. The highest BCUT2D eigenvalue weighted by Crippen LogP contribution is 2.31. The average molecular weight is 337 g/mol. The molecule has 0 atom stereocenters. The molecule has 0 saturated carbocycles. The van der Waals surface area contributed by atoms with Crippen LogP contribution in [0.15, 0.2) is 97.2 Å². The molecule has 1 nitrogen and oxygen atoms in total. The van der Waals surface area contributed by atoms with Crippen molar-refractivity contribution >= 4 is 15.4 Å². The number of benzene rings is 3. The fourth-order valence-electron chi connectivity index (χ4n) is 3.28. The van der Waals surface area contributed by atoms with Gasteiger partial charge in [0, 0.05) is 27.6 Å². The maximum atomic E-state index is 4.88. The molecule has 0 amide bonds. The molecule has 0 aliphatic heterocycles. The van der Waals surface area contributed by atoms with Crippen LogP contribution in [0.3, 0.4) is 0 Å². The van der Waals surface area contributed by atoms with Gasteiger partial charge in [0.25, 0.3) is 0 Å². The zero-order valence-electron chi connectivity index (χ0n) is 14.2. The lowest BCUT2D eigenvalue weighted by Gasteiger charge is -2.16. The number of hydrogen-bond acceptors (Lipinski definition) is 1. The van der Waals surface area contributed by atoms with Crippen molar-refractivity contribution in [2.45, 2.75) is 0 Å². The molecule has 0 saturated heterocycles. The molecule has 1 heterocycles. The van der Waals surface area contributed by atoms with Crippen molar-refractivity contribution in [1.82, 2.24) is 4.98 Å². The highest BCUT2D eigenvalue weighted by molar-refractivity contribution is 6.40. The zero-order valence-corrected chi connectivity index (χ0v) is 16.2. The van der Waals surface area contributed by atoms with Gasteiger partial charge in [0.05, 0.1) is 5.69 Å². The van der Waals surface area contributed by atoms with Gasteiger partial charge in [-0.2, -0.15) is 0 Å². The van der Waals surface area contributed by atoms with Gasteiger partial charge >= 0.3 is 0 Å². The van der Waals surface area contributed by atoms with Crippen LogP contribution in [0.1, 0.15) is 0 Å². The molecule has 0 fully saturated rings. The summed E-state index contributed by atoms with van der Waals surface area (Å²) in [5, 5.41) is 1.39. The highest BCUT2D eigenvalue weighted by atomic mass is 28.1. The number of nitrogens with zero attached hydrogens (tertiary/aromatic N) is 1. The van der Waals surface area contributed by atoms with Crippen molar-refractivity contribution in [3.05, 3.63) is 97.2 Å². The second kappa shape index (κ2) is 6.87. The van der Waals surface area contributed by atoms with E-state index >= 15 is 0 Å². The third-order valence-corrected chi connectivity index (χ3v) is 5.57. The predicted octanol–water partition coefficient (Wildman–Crippen LogP) is 4.07. The van der Waals surface area contributed by atoms with Gasteiger partial charge in [-0.1, -0.05) is 96.2 Å². The Hall–Kier alpha value is -2.97. The third kappa shape index (κ3) is 3.04. The summed E-state index contributed by atoms with van der Waals surface area (Å²) in [5.41, 5.74) is 7.20. The first-order valence-electron chi connectivity index (χ1n) is 8.50. The van der Waals surface area contributed by atoms with Crippen molar-refractivity contribution in [3.8, 4) is 33.5 Å². The first kappa shape index (κ1) is 15.5. The number of aromatic nitrogens is 1. The Morgan fingerprint density at radius 3 is 1.60 bits per heavy atom. The second-order valence-electron chi connectivity index (χ2n) is 6.12. The fraction of sp³-hybridized carbons (Fsp3) is 0. The monoisotopic (exact) mass is 337 g/mol. The standard InChI is InChI=1S/C23H19NSi/c25-23-20(17-10-4-1-5-11-17)16-24-22(19-14-8-3-9-15-19)21(23)18-12-6-2-7-13-18/h1-16H,25H3. The normalized spacial score (nSPS) is 10.7. The Morgan fingerprint density at radius 2 is 1.04 bits per heavy atom. The molecule has 2 heteroatoms. The quantitative estimate of drug-likeness (QED) is 0.514. The smallest absolute Gasteiger partial charge is 0.0779 e. The van der Waals surface area contributed by atoms with Crippen LogP contribution < -0.4 is 5.19 Å². The second-order valence-corrected chi connectivity index (χ2v) is 7.12. The van der Waals surface area contributed by atoms with E-state index in [4.69, 9.17) is 4.98 Å². The van der Waals surface area contributed by atoms with E-state index in [1.165, 1.54) is 27.4 Å². The Kier molecular flexibility index (Phi) is 4.28. The van der Waals surface area contributed by atoms with Crippen LogP contribution in [0.5, 0.6) is 0 Å². The van der Waals surface area contributed by atoms with Crippen LogP contribution >= 0.6 is 0 Å². The van der Waals surface area contributed by atoms with Gasteiger partial charge in [-0.3, -0.25) is 4.98 Å². The summed E-state index contributed by atoms with van der Waals surface area (Å²) in [7, 11) is 0.956. The van der Waals surface area contributed by atoms with Crippen LogP contribution in [0, 0.1) is 0 Å². The van der Waals surface area contributed by atoms with E-state index in [-0.39, 0.29) is 0 Å². The molecular formula is C23H19NSi. The molecule has 0 radical (unpaired) electrons.